The van der Waals surface area contributed by atoms with E-state index in [0.29, 0.717) is 21.9 Å². The summed E-state index contributed by atoms with van der Waals surface area (Å²) in [4.78, 5) is 37.8. The molecule has 0 saturated carbocycles. The third kappa shape index (κ3) is 3.47. The Kier molecular flexibility index (Phi) is 5.06. The third-order valence-electron chi connectivity index (χ3n) is 3.79. The van der Waals surface area contributed by atoms with Crippen molar-refractivity contribution in [3.8, 4) is 0 Å². The standard InChI is InChI=1S/C18H13Cl2N3O3/c1-10(21-22-16(24)14-7-6-11(19)8-15(14)20)9-23-17(25)12-4-2-3-5-13(12)18(23)26/h2-8H,9H2,1H3,(H,22,24). The van der Waals surface area contributed by atoms with E-state index >= 15 is 0 Å². The molecule has 0 aromatic heterocycles. The van der Waals surface area contributed by atoms with Crippen molar-refractivity contribution in [2.24, 2.45) is 5.10 Å². The first-order valence-corrected chi connectivity index (χ1v) is 8.38. The van der Waals surface area contributed by atoms with E-state index in [1.165, 1.54) is 18.2 Å². The minimum atomic E-state index is -0.520. The van der Waals surface area contributed by atoms with E-state index in [4.69, 9.17) is 23.2 Å². The largest absolute Gasteiger partial charge is 0.272 e. The molecule has 3 amide bonds. The van der Waals surface area contributed by atoms with Gasteiger partial charge in [-0.25, -0.2) is 5.43 Å². The van der Waals surface area contributed by atoms with Crippen molar-refractivity contribution in [2.75, 3.05) is 6.54 Å². The third-order valence-corrected chi connectivity index (χ3v) is 4.34. The Hall–Kier alpha value is -2.70. The van der Waals surface area contributed by atoms with Gasteiger partial charge in [-0.2, -0.15) is 5.10 Å². The Morgan fingerprint density at radius 3 is 2.27 bits per heavy atom. The van der Waals surface area contributed by atoms with Crippen LogP contribution in [0, 0.1) is 0 Å². The molecule has 26 heavy (non-hydrogen) atoms. The minimum Gasteiger partial charge on any atom is -0.269 e. The number of hydrogen-bond donors (Lipinski definition) is 1. The molecule has 1 aliphatic heterocycles. The number of nitrogens with one attached hydrogen (secondary N) is 1. The van der Waals surface area contributed by atoms with Gasteiger partial charge < -0.3 is 0 Å². The summed E-state index contributed by atoms with van der Waals surface area (Å²) in [5.41, 5.74) is 3.69. The summed E-state index contributed by atoms with van der Waals surface area (Å²) < 4.78 is 0. The molecule has 0 unspecified atom stereocenters. The Morgan fingerprint density at radius 1 is 1.08 bits per heavy atom. The highest BCUT2D eigenvalue weighted by Crippen LogP contribution is 2.22. The van der Waals surface area contributed by atoms with Gasteiger partial charge in [-0.05, 0) is 37.3 Å². The summed E-state index contributed by atoms with van der Waals surface area (Å²) in [5, 5.41) is 4.55. The Balaban J connectivity index is 1.69. The van der Waals surface area contributed by atoms with Crippen LogP contribution in [0.1, 0.15) is 38.0 Å². The van der Waals surface area contributed by atoms with Crippen LogP contribution >= 0.6 is 23.2 Å². The van der Waals surface area contributed by atoms with E-state index in [9.17, 15) is 14.4 Å². The Labute approximate surface area is 159 Å². The average Bonchev–Trinajstić information content (AvgIpc) is 2.85. The molecule has 1 heterocycles. The van der Waals surface area contributed by atoms with Crippen molar-refractivity contribution >= 4 is 46.6 Å². The van der Waals surface area contributed by atoms with Gasteiger partial charge >= 0.3 is 0 Å². The lowest BCUT2D eigenvalue weighted by Gasteiger charge is -2.13. The zero-order valence-electron chi connectivity index (χ0n) is 13.6. The van der Waals surface area contributed by atoms with E-state index in [1.54, 1.807) is 31.2 Å². The summed E-state index contributed by atoms with van der Waals surface area (Å²) >= 11 is 11.8. The molecule has 1 aliphatic rings. The zero-order valence-corrected chi connectivity index (χ0v) is 15.1. The lowest BCUT2D eigenvalue weighted by molar-refractivity contribution is 0.0677. The van der Waals surface area contributed by atoms with E-state index in [2.05, 4.69) is 10.5 Å². The monoisotopic (exact) mass is 389 g/mol. The molecule has 6 nitrogen and oxygen atoms in total. The number of carbonyl (C=O) groups excluding carboxylic acids is 3. The molecule has 0 aliphatic carbocycles. The van der Waals surface area contributed by atoms with Crippen molar-refractivity contribution < 1.29 is 14.4 Å². The second-order valence-corrected chi connectivity index (χ2v) is 6.50. The highest BCUT2D eigenvalue weighted by molar-refractivity contribution is 6.36. The molecule has 8 heteroatoms. The van der Waals surface area contributed by atoms with Gasteiger partial charge in [0.05, 0.1) is 34.0 Å². The summed E-state index contributed by atoms with van der Waals surface area (Å²) in [6, 6.07) is 11.1. The van der Waals surface area contributed by atoms with Crippen LogP contribution in [0.5, 0.6) is 0 Å². The van der Waals surface area contributed by atoms with E-state index < -0.39 is 5.91 Å². The summed E-state index contributed by atoms with van der Waals surface area (Å²) in [5.74, 6) is -1.28. The summed E-state index contributed by atoms with van der Waals surface area (Å²) in [7, 11) is 0. The van der Waals surface area contributed by atoms with Gasteiger partial charge in [0.25, 0.3) is 17.7 Å². The smallest absolute Gasteiger partial charge is 0.269 e. The van der Waals surface area contributed by atoms with Crippen molar-refractivity contribution in [1.82, 2.24) is 10.3 Å². The normalized spacial score (nSPS) is 13.8. The molecule has 132 valence electrons. The predicted octanol–water partition coefficient (Wildman–Crippen LogP) is 3.40. The highest BCUT2D eigenvalue weighted by Gasteiger charge is 2.35. The van der Waals surface area contributed by atoms with Crippen LogP contribution in [-0.4, -0.2) is 34.9 Å². The van der Waals surface area contributed by atoms with E-state index in [-0.39, 0.29) is 28.9 Å². The topological polar surface area (TPSA) is 78.8 Å². The van der Waals surface area contributed by atoms with Crippen LogP contribution in [0.25, 0.3) is 0 Å². The van der Waals surface area contributed by atoms with Gasteiger partial charge in [0.2, 0.25) is 0 Å². The van der Waals surface area contributed by atoms with Gasteiger partial charge in [-0.1, -0.05) is 35.3 Å². The molecule has 0 spiro atoms. The lowest BCUT2D eigenvalue weighted by Crippen LogP contribution is -2.35. The highest BCUT2D eigenvalue weighted by atomic mass is 35.5. The number of imide groups is 1. The van der Waals surface area contributed by atoms with Crippen molar-refractivity contribution in [2.45, 2.75) is 6.92 Å². The maximum Gasteiger partial charge on any atom is 0.272 e. The second kappa shape index (κ2) is 7.27. The number of amides is 3. The summed E-state index contributed by atoms with van der Waals surface area (Å²) in [6.07, 6.45) is 0. The quantitative estimate of drug-likeness (QED) is 0.494. The lowest BCUT2D eigenvalue weighted by atomic mass is 10.1. The van der Waals surface area contributed by atoms with Crippen LogP contribution in [-0.2, 0) is 0 Å². The number of rotatable bonds is 4. The van der Waals surface area contributed by atoms with Crippen molar-refractivity contribution in [3.05, 3.63) is 69.2 Å². The first kappa shape index (κ1) is 18.1. The molecule has 1 N–H and O–H groups in total. The minimum absolute atomic E-state index is 0.0268. The predicted molar refractivity (Wildman–Crippen MR) is 98.8 cm³/mol. The van der Waals surface area contributed by atoms with Gasteiger partial charge in [-0.3, -0.25) is 19.3 Å². The molecule has 0 radical (unpaired) electrons. The van der Waals surface area contributed by atoms with Crippen LogP contribution in [0.15, 0.2) is 47.6 Å². The number of fused-ring (bicyclic) bond motifs is 1. The van der Waals surface area contributed by atoms with Crippen molar-refractivity contribution in [3.63, 3.8) is 0 Å². The van der Waals surface area contributed by atoms with Gasteiger partial charge in [-0.15, -0.1) is 0 Å². The SMILES string of the molecule is CC(CN1C(=O)c2ccccc2C1=O)=NNC(=O)c1ccc(Cl)cc1Cl. The molecule has 2 aromatic rings. The number of benzene rings is 2. The molecular weight excluding hydrogens is 377 g/mol. The second-order valence-electron chi connectivity index (χ2n) is 5.65. The molecule has 0 fully saturated rings. The Morgan fingerprint density at radius 2 is 1.69 bits per heavy atom. The number of hydrogen-bond acceptors (Lipinski definition) is 4. The first-order valence-electron chi connectivity index (χ1n) is 7.62. The fraction of sp³-hybridized carbons (Fsp3) is 0.111. The molecule has 3 rings (SSSR count). The fourth-order valence-corrected chi connectivity index (χ4v) is 3.02. The van der Waals surface area contributed by atoms with Gasteiger partial charge in [0.1, 0.15) is 0 Å². The Bertz CT molecular complexity index is 921. The van der Waals surface area contributed by atoms with E-state index in [1.807, 2.05) is 0 Å². The zero-order chi connectivity index (χ0) is 18.8. The van der Waals surface area contributed by atoms with E-state index in [0.717, 1.165) is 4.90 Å². The molecule has 0 atom stereocenters. The van der Waals surface area contributed by atoms with Gasteiger partial charge in [0.15, 0.2) is 0 Å². The van der Waals surface area contributed by atoms with Crippen LogP contribution in [0.3, 0.4) is 0 Å². The number of hydrazone groups is 1. The van der Waals surface area contributed by atoms with Crippen LogP contribution in [0.2, 0.25) is 10.0 Å². The molecular formula is C18H13Cl2N3O3. The number of halogens is 2. The number of nitrogens with zero attached hydrogens (tertiary/aromatic N) is 2. The first-order chi connectivity index (χ1) is 12.4. The van der Waals surface area contributed by atoms with Crippen LogP contribution < -0.4 is 5.43 Å². The number of carbonyl (C=O) groups is 3. The molecule has 0 saturated heterocycles. The van der Waals surface area contributed by atoms with Crippen LogP contribution in [0.4, 0.5) is 0 Å². The average molecular weight is 390 g/mol. The van der Waals surface area contributed by atoms with Gasteiger partial charge in [0, 0.05) is 5.02 Å². The van der Waals surface area contributed by atoms with Crippen molar-refractivity contribution in [1.29, 1.82) is 0 Å². The maximum atomic E-state index is 12.3. The molecule has 0 bridgehead atoms. The molecule has 2 aromatic carbocycles. The summed E-state index contributed by atoms with van der Waals surface area (Å²) in [6.45, 7) is 1.58. The fourth-order valence-electron chi connectivity index (χ4n) is 2.53. The maximum absolute atomic E-state index is 12.3.